The Morgan fingerprint density at radius 1 is 0.658 bits per heavy atom. The van der Waals surface area contributed by atoms with Gasteiger partial charge in [0.25, 0.3) is 0 Å². The average Bonchev–Trinajstić information content (AvgIpc) is 3.55. The van der Waals surface area contributed by atoms with Crippen LogP contribution in [0.25, 0.3) is 50.2 Å². The molecule has 2 aliphatic rings. The number of rotatable bonds is 3. The Morgan fingerprint density at radius 3 is 2.24 bits per heavy atom. The second-order valence-electron chi connectivity index (χ2n) is 9.74. The molecule has 4 heteroatoms. The quantitative estimate of drug-likeness (QED) is 0.240. The molecule has 3 nitrogen and oxygen atoms in total. The van der Waals surface area contributed by atoms with Crippen LogP contribution in [0.5, 0.6) is 0 Å². The van der Waals surface area contributed by atoms with E-state index in [2.05, 4.69) is 91.0 Å². The third kappa shape index (κ3) is 3.45. The summed E-state index contributed by atoms with van der Waals surface area (Å²) in [4.78, 5) is 11.5. The standard InChI is InChI=1S/C34H22N2OS/c1-3-9-21(10-4-1)23-15-18-27-30(20-23)38-33-31(35-34(36-32(27)33)22-11-5-2-6-12-22)24-16-17-26-25-13-7-8-14-28(25)37-29(26)19-24/h1-20,27,30H. The first kappa shape index (κ1) is 21.7. The predicted molar refractivity (Wildman–Crippen MR) is 156 cm³/mol. The van der Waals surface area contributed by atoms with E-state index in [1.807, 2.05) is 42.1 Å². The summed E-state index contributed by atoms with van der Waals surface area (Å²) in [6.07, 6.45) is 6.96. The number of furan rings is 1. The van der Waals surface area contributed by atoms with Crippen LogP contribution in [0, 0.1) is 0 Å². The van der Waals surface area contributed by atoms with Crippen molar-refractivity contribution in [3.05, 3.63) is 133 Å². The van der Waals surface area contributed by atoms with Crippen LogP contribution in [0.1, 0.15) is 17.2 Å². The smallest absolute Gasteiger partial charge is 0.160 e. The molecule has 1 aliphatic carbocycles. The van der Waals surface area contributed by atoms with E-state index in [9.17, 15) is 0 Å². The van der Waals surface area contributed by atoms with Crippen LogP contribution in [-0.2, 0) is 0 Å². The monoisotopic (exact) mass is 506 g/mol. The second-order valence-corrected chi connectivity index (χ2v) is 10.9. The van der Waals surface area contributed by atoms with Gasteiger partial charge in [-0.2, -0.15) is 0 Å². The number of aromatic nitrogens is 2. The van der Waals surface area contributed by atoms with E-state index in [4.69, 9.17) is 14.4 Å². The van der Waals surface area contributed by atoms with Gasteiger partial charge in [-0.05, 0) is 29.3 Å². The molecule has 0 N–H and O–H groups in total. The van der Waals surface area contributed by atoms with Crippen LogP contribution < -0.4 is 0 Å². The van der Waals surface area contributed by atoms with Crippen LogP contribution in [-0.4, -0.2) is 15.2 Å². The molecule has 0 spiro atoms. The molecule has 3 heterocycles. The molecule has 2 unspecified atom stereocenters. The zero-order chi connectivity index (χ0) is 25.1. The molecule has 1 aliphatic heterocycles. The summed E-state index contributed by atoms with van der Waals surface area (Å²) in [5.74, 6) is 0.971. The lowest BCUT2D eigenvalue weighted by Gasteiger charge is -2.18. The van der Waals surface area contributed by atoms with Crippen molar-refractivity contribution in [3.63, 3.8) is 0 Å². The fraction of sp³-hybridized carbons (Fsp3) is 0.0588. The summed E-state index contributed by atoms with van der Waals surface area (Å²) in [5.41, 5.74) is 8.43. The van der Waals surface area contributed by atoms with E-state index in [0.717, 1.165) is 55.2 Å². The Hall–Kier alpha value is -4.41. The van der Waals surface area contributed by atoms with Crippen molar-refractivity contribution in [1.82, 2.24) is 9.97 Å². The van der Waals surface area contributed by atoms with Crippen LogP contribution >= 0.6 is 11.8 Å². The number of fused-ring (bicyclic) bond motifs is 6. The molecule has 6 aromatic rings. The first-order valence-electron chi connectivity index (χ1n) is 12.8. The van der Waals surface area contributed by atoms with Crippen molar-refractivity contribution < 1.29 is 4.42 Å². The maximum Gasteiger partial charge on any atom is 0.160 e. The van der Waals surface area contributed by atoms with Crippen LogP contribution in [0.2, 0.25) is 0 Å². The van der Waals surface area contributed by atoms with Crippen molar-refractivity contribution in [2.45, 2.75) is 16.1 Å². The van der Waals surface area contributed by atoms with Gasteiger partial charge in [0.15, 0.2) is 5.82 Å². The van der Waals surface area contributed by atoms with Crippen molar-refractivity contribution in [3.8, 4) is 22.6 Å². The van der Waals surface area contributed by atoms with E-state index < -0.39 is 0 Å². The van der Waals surface area contributed by atoms with Gasteiger partial charge in [-0.15, -0.1) is 11.8 Å². The minimum Gasteiger partial charge on any atom is -0.456 e. The van der Waals surface area contributed by atoms with Gasteiger partial charge in [-0.3, -0.25) is 0 Å². The fourth-order valence-electron chi connectivity index (χ4n) is 5.56. The first-order valence-corrected chi connectivity index (χ1v) is 13.7. The van der Waals surface area contributed by atoms with Gasteiger partial charge in [0.2, 0.25) is 0 Å². The highest BCUT2D eigenvalue weighted by Crippen LogP contribution is 2.52. The SMILES string of the molecule is C1=CC2c3nc(-c4ccccc4)nc(-c4ccc5c(c4)oc4ccccc45)c3SC2C=C1c1ccccc1. The lowest BCUT2D eigenvalue weighted by atomic mass is 9.90. The summed E-state index contributed by atoms with van der Waals surface area (Å²) in [7, 11) is 0. The Morgan fingerprint density at radius 2 is 1.39 bits per heavy atom. The number of hydrogen-bond donors (Lipinski definition) is 0. The highest BCUT2D eigenvalue weighted by Gasteiger charge is 2.37. The topological polar surface area (TPSA) is 38.9 Å². The molecular formula is C34H22N2OS. The van der Waals surface area contributed by atoms with E-state index >= 15 is 0 Å². The summed E-state index contributed by atoms with van der Waals surface area (Å²) >= 11 is 1.87. The Kier molecular flexibility index (Phi) is 4.89. The second kappa shape index (κ2) is 8.57. The van der Waals surface area contributed by atoms with Gasteiger partial charge in [0.1, 0.15) is 11.2 Å². The Labute approximate surface area is 224 Å². The fourth-order valence-corrected chi connectivity index (χ4v) is 6.99. The van der Waals surface area contributed by atoms with E-state index in [-0.39, 0.29) is 11.2 Å². The molecule has 0 saturated heterocycles. The van der Waals surface area contributed by atoms with Gasteiger partial charge in [-0.25, -0.2) is 9.97 Å². The summed E-state index contributed by atoms with van der Waals surface area (Å²) < 4.78 is 6.24. The number of para-hydroxylation sites is 1. The molecular weight excluding hydrogens is 484 g/mol. The third-order valence-corrected chi connectivity index (χ3v) is 8.77. The minimum atomic E-state index is 0.210. The highest BCUT2D eigenvalue weighted by molar-refractivity contribution is 8.00. The van der Waals surface area contributed by atoms with Gasteiger partial charge in [0, 0.05) is 33.1 Å². The van der Waals surface area contributed by atoms with Gasteiger partial charge >= 0.3 is 0 Å². The van der Waals surface area contributed by atoms with Crippen LogP contribution in [0.15, 0.2) is 131 Å². The normalized spacial score (nSPS) is 17.9. The van der Waals surface area contributed by atoms with Crippen molar-refractivity contribution in [2.75, 3.05) is 0 Å². The minimum absolute atomic E-state index is 0.210. The number of hydrogen-bond acceptors (Lipinski definition) is 4. The maximum absolute atomic E-state index is 6.24. The average molecular weight is 507 g/mol. The van der Waals surface area contributed by atoms with Crippen molar-refractivity contribution in [2.24, 2.45) is 0 Å². The number of benzene rings is 4. The Balaban J connectivity index is 1.30. The van der Waals surface area contributed by atoms with Crippen molar-refractivity contribution >= 4 is 39.3 Å². The molecule has 4 aromatic carbocycles. The van der Waals surface area contributed by atoms with Crippen LogP contribution in [0.3, 0.4) is 0 Å². The molecule has 0 radical (unpaired) electrons. The van der Waals surface area contributed by atoms with Crippen molar-refractivity contribution in [1.29, 1.82) is 0 Å². The molecule has 180 valence electrons. The lowest BCUT2D eigenvalue weighted by molar-refractivity contribution is 0.669. The highest BCUT2D eigenvalue weighted by atomic mass is 32.2. The molecule has 8 rings (SSSR count). The molecule has 0 fully saturated rings. The summed E-state index contributed by atoms with van der Waals surface area (Å²) in [5, 5.41) is 2.54. The molecule has 0 amide bonds. The first-order chi connectivity index (χ1) is 18.8. The lowest BCUT2D eigenvalue weighted by Crippen LogP contribution is -2.10. The molecule has 0 bridgehead atoms. The maximum atomic E-state index is 6.24. The zero-order valence-corrected chi connectivity index (χ0v) is 21.2. The Bertz CT molecular complexity index is 1900. The number of allylic oxidation sites excluding steroid dienone is 3. The molecule has 38 heavy (non-hydrogen) atoms. The summed E-state index contributed by atoms with van der Waals surface area (Å²) in [6, 6.07) is 35.5. The van der Waals surface area contributed by atoms with E-state index in [1.165, 1.54) is 11.1 Å². The van der Waals surface area contributed by atoms with Gasteiger partial charge < -0.3 is 4.42 Å². The van der Waals surface area contributed by atoms with Gasteiger partial charge in [-0.1, -0.05) is 103 Å². The third-order valence-electron chi connectivity index (χ3n) is 7.43. The van der Waals surface area contributed by atoms with E-state index in [0.29, 0.717) is 0 Å². The number of thioether (sulfide) groups is 1. The molecule has 2 atom stereocenters. The zero-order valence-electron chi connectivity index (χ0n) is 20.4. The predicted octanol–water partition coefficient (Wildman–Crippen LogP) is 8.92. The van der Waals surface area contributed by atoms with Gasteiger partial charge in [0.05, 0.1) is 16.3 Å². The largest absolute Gasteiger partial charge is 0.456 e. The van der Waals surface area contributed by atoms with E-state index in [1.54, 1.807) is 0 Å². The van der Waals surface area contributed by atoms with Crippen LogP contribution in [0.4, 0.5) is 0 Å². The molecule has 0 saturated carbocycles. The number of nitrogens with zero attached hydrogens (tertiary/aromatic N) is 2. The molecule has 2 aromatic heterocycles. The summed E-state index contributed by atoms with van der Waals surface area (Å²) in [6.45, 7) is 0.